The molecule has 3 aromatic rings. The Balaban J connectivity index is 2.08. The van der Waals surface area contributed by atoms with Crippen molar-refractivity contribution in [3.05, 3.63) is 52.9 Å². The fraction of sp³-hybridized carbons (Fsp3) is 0.0714. The van der Waals surface area contributed by atoms with Crippen molar-refractivity contribution in [2.24, 2.45) is 0 Å². The molecule has 0 amide bonds. The van der Waals surface area contributed by atoms with Crippen LogP contribution in [0.1, 0.15) is 5.69 Å². The van der Waals surface area contributed by atoms with Gasteiger partial charge in [0.15, 0.2) is 0 Å². The maximum Gasteiger partial charge on any atom is 0.125 e. The van der Waals surface area contributed by atoms with Crippen LogP contribution in [0, 0.1) is 6.92 Å². The first-order valence-corrected chi connectivity index (χ1v) is 7.16. The third-order valence-corrected chi connectivity index (χ3v) is 4.54. The minimum absolute atomic E-state index is 1.11. The van der Waals surface area contributed by atoms with Crippen molar-refractivity contribution in [3.8, 4) is 21.0 Å². The molecule has 1 aromatic carbocycles. The molecule has 2 aromatic heterocycles. The summed E-state index contributed by atoms with van der Waals surface area (Å²) in [7, 11) is 0. The van der Waals surface area contributed by atoms with E-state index in [2.05, 4.69) is 53.0 Å². The Hall–Kier alpha value is -1.45. The van der Waals surface area contributed by atoms with Crippen LogP contribution in [0.25, 0.3) is 21.0 Å². The fourth-order valence-corrected chi connectivity index (χ4v) is 3.55. The first-order valence-electron chi connectivity index (χ1n) is 5.40. The first-order chi connectivity index (χ1) is 8.34. The molecule has 0 spiro atoms. The normalized spacial score (nSPS) is 10.6. The van der Waals surface area contributed by atoms with Gasteiger partial charge in [-0.15, -0.1) is 11.3 Å². The zero-order chi connectivity index (χ0) is 11.7. The van der Waals surface area contributed by atoms with E-state index in [1.807, 2.05) is 6.07 Å². The molecule has 0 fully saturated rings. The molecular formula is C14H11NS2. The fourth-order valence-electron chi connectivity index (χ4n) is 1.76. The SMILES string of the molecule is Cc1nc(-c2ccsc2)sc1-c1ccccc1. The van der Waals surface area contributed by atoms with Gasteiger partial charge in [0.05, 0.1) is 10.6 Å². The van der Waals surface area contributed by atoms with E-state index in [-0.39, 0.29) is 0 Å². The first kappa shape index (κ1) is 10.7. The van der Waals surface area contributed by atoms with E-state index in [1.54, 1.807) is 22.7 Å². The molecule has 0 bridgehead atoms. The Labute approximate surface area is 108 Å². The molecule has 0 saturated heterocycles. The quantitative estimate of drug-likeness (QED) is 0.639. The number of aryl methyl sites for hydroxylation is 1. The van der Waals surface area contributed by atoms with Gasteiger partial charge in [0.25, 0.3) is 0 Å². The van der Waals surface area contributed by atoms with Gasteiger partial charge >= 0.3 is 0 Å². The maximum absolute atomic E-state index is 4.65. The molecule has 1 nitrogen and oxygen atoms in total. The Morgan fingerprint density at radius 3 is 2.53 bits per heavy atom. The highest BCUT2D eigenvalue weighted by Gasteiger charge is 2.10. The van der Waals surface area contributed by atoms with Crippen LogP contribution < -0.4 is 0 Å². The summed E-state index contributed by atoms with van der Waals surface area (Å²) >= 11 is 3.48. The molecule has 0 N–H and O–H groups in total. The second kappa shape index (κ2) is 4.43. The monoisotopic (exact) mass is 257 g/mol. The molecule has 3 heteroatoms. The molecule has 0 atom stereocenters. The maximum atomic E-state index is 4.65. The topological polar surface area (TPSA) is 12.9 Å². The molecule has 2 heterocycles. The van der Waals surface area contributed by atoms with Crippen LogP contribution in [0.2, 0.25) is 0 Å². The van der Waals surface area contributed by atoms with Gasteiger partial charge in [-0.3, -0.25) is 0 Å². The van der Waals surface area contributed by atoms with Crippen molar-refractivity contribution in [1.82, 2.24) is 4.98 Å². The molecule has 17 heavy (non-hydrogen) atoms. The minimum Gasteiger partial charge on any atom is -0.241 e. The summed E-state index contributed by atoms with van der Waals surface area (Å²) in [6, 6.07) is 12.6. The molecule has 0 unspecified atom stereocenters. The third-order valence-electron chi connectivity index (χ3n) is 2.60. The number of hydrogen-bond acceptors (Lipinski definition) is 3. The molecule has 0 saturated carbocycles. The zero-order valence-corrected chi connectivity index (χ0v) is 11.0. The summed E-state index contributed by atoms with van der Waals surface area (Å²) in [5, 5.41) is 5.35. The predicted molar refractivity (Wildman–Crippen MR) is 75.6 cm³/mol. The van der Waals surface area contributed by atoms with Crippen LogP contribution in [-0.4, -0.2) is 4.98 Å². The van der Waals surface area contributed by atoms with Gasteiger partial charge in [-0.1, -0.05) is 30.3 Å². The second-order valence-electron chi connectivity index (χ2n) is 3.81. The largest absolute Gasteiger partial charge is 0.241 e. The number of rotatable bonds is 2. The average molecular weight is 257 g/mol. The molecule has 0 radical (unpaired) electrons. The lowest BCUT2D eigenvalue weighted by atomic mass is 10.2. The number of thiazole rings is 1. The lowest BCUT2D eigenvalue weighted by molar-refractivity contribution is 1.27. The van der Waals surface area contributed by atoms with Crippen LogP contribution >= 0.6 is 22.7 Å². The van der Waals surface area contributed by atoms with Crippen LogP contribution in [-0.2, 0) is 0 Å². The summed E-state index contributed by atoms with van der Waals surface area (Å²) in [6.45, 7) is 2.08. The van der Waals surface area contributed by atoms with E-state index in [0.29, 0.717) is 0 Å². The highest BCUT2D eigenvalue weighted by Crippen LogP contribution is 2.35. The Morgan fingerprint density at radius 1 is 1.00 bits per heavy atom. The minimum atomic E-state index is 1.11. The molecule has 0 aliphatic carbocycles. The number of thiophene rings is 1. The Kier molecular flexibility index (Phi) is 2.79. The highest BCUT2D eigenvalue weighted by molar-refractivity contribution is 7.19. The summed E-state index contributed by atoms with van der Waals surface area (Å²) in [6.07, 6.45) is 0. The van der Waals surface area contributed by atoms with Crippen molar-refractivity contribution in [3.63, 3.8) is 0 Å². The third kappa shape index (κ3) is 2.04. The molecule has 3 rings (SSSR count). The lowest BCUT2D eigenvalue weighted by Gasteiger charge is -1.96. The number of aromatic nitrogens is 1. The zero-order valence-electron chi connectivity index (χ0n) is 9.38. The average Bonchev–Trinajstić information content (AvgIpc) is 2.99. The van der Waals surface area contributed by atoms with E-state index in [4.69, 9.17) is 0 Å². The van der Waals surface area contributed by atoms with E-state index >= 15 is 0 Å². The molecule has 0 aliphatic rings. The van der Waals surface area contributed by atoms with Gasteiger partial charge in [-0.25, -0.2) is 4.98 Å². The molecule has 84 valence electrons. The molecular weight excluding hydrogens is 246 g/mol. The van der Waals surface area contributed by atoms with Gasteiger partial charge in [0.1, 0.15) is 5.01 Å². The predicted octanol–water partition coefficient (Wildman–Crippen LogP) is 4.85. The van der Waals surface area contributed by atoms with Crippen molar-refractivity contribution >= 4 is 22.7 Å². The second-order valence-corrected chi connectivity index (χ2v) is 5.59. The van der Waals surface area contributed by atoms with E-state index in [9.17, 15) is 0 Å². The number of hydrogen-bond donors (Lipinski definition) is 0. The van der Waals surface area contributed by atoms with Gasteiger partial charge in [0.2, 0.25) is 0 Å². The molecule has 0 aliphatic heterocycles. The van der Waals surface area contributed by atoms with Gasteiger partial charge < -0.3 is 0 Å². The summed E-state index contributed by atoms with van der Waals surface area (Å²) < 4.78 is 0. The van der Waals surface area contributed by atoms with Gasteiger partial charge in [-0.05, 0) is 23.9 Å². The van der Waals surface area contributed by atoms with Crippen molar-refractivity contribution in [2.45, 2.75) is 6.92 Å². The smallest absolute Gasteiger partial charge is 0.125 e. The van der Waals surface area contributed by atoms with Gasteiger partial charge in [-0.2, -0.15) is 11.3 Å². The highest BCUT2D eigenvalue weighted by atomic mass is 32.1. The lowest BCUT2D eigenvalue weighted by Crippen LogP contribution is -1.76. The Bertz CT molecular complexity index is 609. The summed E-state index contributed by atoms with van der Waals surface area (Å²) in [4.78, 5) is 5.92. The standard InChI is InChI=1S/C14H11NS2/c1-10-13(11-5-3-2-4-6-11)17-14(15-10)12-7-8-16-9-12/h2-9H,1H3. The summed E-state index contributed by atoms with van der Waals surface area (Å²) in [5.41, 5.74) is 3.59. The number of nitrogens with zero attached hydrogens (tertiary/aromatic N) is 1. The van der Waals surface area contributed by atoms with Crippen molar-refractivity contribution in [2.75, 3.05) is 0 Å². The Morgan fingerprint density at radius 2 is 1.82 bits per heavy atom. The van der Waals surface area contributed by atoms with Crippen LogP contribution in [0.15, 0.2) is 47.2 Å². The van der Waals surface area contributed by atoms with Crippen molar-refractivity contribution in [1.29, 1.82) is 0 Å². The van der Waals surface area contributed by atoms with E-state index < -0.39 is 0 Å². The van der Waals surface area contributed by atoms with Crippen LogP contribution in [0.5, 0.6) is 0 Å². The van der Waals surface area contributed by atoms with Crippen LogP contribution in [0.3, 0.4) is 0 Å². The van der Waals surface area contributed by atoms with Crippen LogP contribution in [0.4, 0.5) is 0 Å². The van der Waals surface area contributed by atoms with E-state index in [0.717, 1.165) is 10.7 Å². The van der Waals surface area contributed by atoms with Gasteiger partial charge in [0, 0.05) is 10.9 Å². The van der Waals surface area contributed by atoms with E-state index in [1.165, 1.54) is 16.0 Å². The number of benzene rings is 1. The van der Waals surface area contributed by atoms with Crippen molar-refractivity contribution < 1.29 is 0 Å². The summed E-state index contributed by atoms with van der Waals surface area (Å²) in [5.74, 6) is 0.